The summed E-state index contributed by atoms with van der Waals surface area (Å²) >= 11 is 0. The number of hydrogen-bond acceptors (Lipinski definition) is 8. The van der Waals surface area contributed by atoms with E-state index in [1.807, 2.05) is 6.92 Å². The van der Waals surface area contributed by atoms with Gasteiger partial charge in [0, 0.05) is 31.8 Å². The molecule has 0 unspecified atom stereocenters. The molecule has 1 aromatic carbocycles. The van der Waals surface area contributed by atoms with Gasteiger partial charge in [-0.1, -0.05) is 6.92 Å². The van der Waals surface area contributed by atoms with Crippen LogP contribution in [0.1, 0.15) is 30.6 Å². The van der Waals surface area contributed by atoms with Crippen LogP contribution in [-0.4, -0.2) is 47.2 Å². The minimum Gasteiger partial charge on any atom is -0.487 e. The molecule has 3 N–H and O–H groups in total. The number of aromatic amines is 1. The largest absolute Gasteiger partial charge is 0.487 e. The molecule has 0 radical (unpaired) electrons. The van der Waals surface area contributed by atoms with Gasteiger partial charge in [0.05, 0.1) is 18.1 Å². The number of aromatic nitrogens is 2. The fourth-order valence-electron chi connectivity index (χ4n) is 3.01. The number of carbonyl (C=O) groups excluding carboxylic acids is 1. The molecule has 0 aliphatic carbocycles. The predicted molar refractivity (Wildman–Crippen MR) is 114 cm³/mol. The van der Waals surface area contributed by atoms with E-state index in [0.717, 1.165) is 15.5 Å². The van der Waals surface area contributed by atoms with E-state index in [9.17, 15) is 24.5 Å². The minimum atomic E-state index is -0.847. The third kappa shape index (κ3) is 5.09. The number of H-pyrrole nitrogens is 1. The van der Waals surface area contributed by atoms with E-state index in [2.05, 4.69) is 4.98 Å². The number of nitrogen functional groups attached to an aromatic ring is 1. The van der Waals surface area contributed by atoms with E-state index in [1.165, 1.54) is 19.2 Å². The van der Waals surface area contributed by atoms with Crippen molar-refractivity contribution in [2.75, 3.05) is 37.5 Å². The molecule has 2 aromatic rings. The average Bonchev–Trinajstić information content (AvgIpc) is 2.73. The Hall–Kier alpha value is -3.67. The van der Waals surface area contributed by atoms with Gasteiger partial charge in [0.15, 0.2) is 11.4 Å². The van der Waals surface area contributed by atoms with Crippen LogP contribution in [0.4, 0.5) is 17.2 Å². The number of rotatable bonds is 10. The molecule has 0 fully saturated rings. The molecule has 0 aliphatic rings. The fraction of sp³-hybridized carbons (Fsp3) is 0.421. The molecule has 12 heteroatoms. The summed E-state index contributed by atoms with van der Waals surface area (Å²) in [5.74, 6) is -0.885. The van der Waals surface area contributed by atoms with Gasteiger partial charge in [-0.15, -0.1) is 0 Å². The molecule has 0 saturated heterocycles. The third-order valence-corrected chi connectivity index (χ3v) is 4.40. The fourth-order valence-corrected chi connectivity index (χ4v) is 3.01. The van der Waals surface area contributed by atoms with E-state index in [-0.39, 0.29) is 49.1 Å². The molecule has 31 heavy (non-hydrogen) atoms. The molecule has 2 rings (SSSR count). The van der Waals surface area contributed by atoms with Crippen molar-refractivity contribution >= 4 is 23.1 Å². The molecule has 12 nitrogen and oxygen atoms in total. The smallest absolute Gasteiger partial charge is 0.330 e. The standard InChI is InChI=1S/C19H25N5O7/c1-4-8-23-16(20)15(17(25)21-19(23)27)22(9-10-30-3)18(26)12-6-7-14(31-5-2)13(11-12)24(28)29/h6-7,11H,4-5,8-10,20H2,1-3H3,(H,21,25,27). The van der Waals surface area contributed by atoms with Crippen LogP contribution >= 0.6 is 0 Å². The quantitative estimate of drug-likeness (QED) is 0.414. The van der Waals surface area contributed by atoms with Crippen molar-refractivity contribution in [3.63, 3.8) is 0 Å². The third-order valence-electron chi connectivity index (χ3n) is 4.40. The van der Waals surface area contributed by atoms with E-state index in [0.29, 0.717) is 6.42 Å². The topological polar surface area (TPSA) is 163 Å². The Morgan fingerprint density at radius 3 is 2.61 bits per heavy atom. The van der Waals surface area contributed by atoms with E-state index >= 15 is 0 Å². The average molecular weight is 435 g/mol. The summed E-state index contributed by atoms with van der Waals surface area (Å²) in [6.45, 7) is 3.91. The zero-order valence-corrected chi connectivity index (χ0v) is 17.5. The van der Waals surface area contributed by atoms with Crippen LogP contribution < -0.4 is 26.6 Å². The van der Waals surface area contributed by atoms with Gasteiger partial charge >= 0.3 is 11.4 Å². The Bertz CT molecular complexity index is 1080. The van der Waals surface area contributed by atoms with Gasteiger partial charge in [-0.2, -0.15) is 0 Å². The van der Waals surface area contributed by atoms with Crippen molar-refractivity contribution in [3.05, 3.63) is 54.7 Å². The molecular formula is C19H25N5O7. The number of nitrogens with two attached hydrogens (primary N) is 1. The highest BCUT2D eigenvalue weighted by Gasteiger charge is 2.27. The van der Waals surface area contributed by atoms with Crippen LogP contribution in [-0.2, 0) is 11.3 Å². The molecule has 168 valence electrons. The summed E-state index contributed by atoms with van der Waals surface area (Å²) in [6, 6.07) is 3.74. The summed E-state index contributed by atoms with van der Waals surface area (Å²) in [5, 5.41) is 11.4. The van der Waals surface area contributed by atoms with Gasteiger partial charge in [0.1, 0.15) is 5.82 Å². The first-order chi connectivity index (χ1) is 14.8. The summed E-state index contributed by atoms with van der Waals surface area (Å²) in [4.78, 5) is 51.9. The summed E-state index contributed by atoms with van der Waals surface area (Å²) in [7, 11) is 1.41. The van der Waals surface area contributed by atoms with Crippen LogP contribution in [0.2, 0.25) is 0 Å². The van der Waals surface area contributed by atoms with Crippen molar-refractivity contribution < 1.29 is 19.2 Å². The van der Waals surface area contributed by atoms with Gasteiger partial charge in [0.2, 0.25) is 0 Å². The zero-order valence-electron chi connectivity index (χ0n) is 17.5. The molecule has 0 saturated carbocycles. The molecule has 0 aliphatic heterocycles. The van der Waals surface area contributed by atoms with Crippen LogP contribution in [0.15, 0.2) is 27.8 Å². The highest BCUT2D eigenvalue weighted by molar-refractivity contribution is 6.07. The summed E-state index contributed by atoms with van der Waals surface area (Å²) in [6.07, 6.45) is 0.562. The SMILES string of the molecule is CCCn1c(N)c(N(CCOC)C(=O)c2ccc(OCC)c([N+](=O)[O-])c2)c(=O)[nH]c1=O. The highest BCUT2D eigenvalue weighted by atomic mass is 16.6. The zero-order chi connectivity index (χ0) is 23.1. The van der Waals surface area contributed by atoms with Crippen molar-refractivity contribution in [1.29, 1.82) is 0 Å². The van der Waals surface area contributed by atoms with Gasteiger partial charge in [0.25, 0.3) is 11.5 Å². The summed E-state index contributed by atoms with van der Waals surface area (Å²) in [5.41, 5.74) is 3.86. The normalized spacial score (nSPS) is 10.7. The second-order valence-corrected chi connectivity index (χ2v) is 6.47. The maximum Gasteiger partial charge on any atom is 0.330 e. The number of nitro benzene ring substituents is 1. The number of nitrogens with one attached hydrogen (secondary N) is 1. The molecule has 0 bridgehead atoms. The molecule has 0 spiro atoms. The molecule has 1 aromatic heterocycles. The first kappa shape index (κ1) is 23.6. The Labute approximate surface area is 177 Å². The highest BCUT2D eigenvalue weighted by Crippen LogP contribution is 2.29. The van der Waals surface area contributed by atoms with Crippen LogP contribution in [0.25, 0.3) is 0 Å². The van der Waals surface area contributed by atoms with E-state index < -0.39 is 27.8 Å². The Kier molecular flexibility index (Phi) is 7.91. The van der Waals surface area contributed by atoms with E-state index in [4.69, 9.17) is 15.2 Å². The van der Waals surface area contributed by atoms with Crippen LogP contribution in [0.5, 0.6) is 5.75 Å². The van der Waals surface area contributed by atoms with Crippen molar-refractivity contribution in [2.45, 2.75) is 26.8 Å². The lowest BCUT2D eigenvalue weighted by Gasteiger charge is -2.24. The Morgan fingerprint density at radius 1 is 1.32 bits per heavy atom. The monoisotopic (exact) mass is 435 g/mol. The number of nitro groups is 1. The van der Waals surface area contributed by atoms with Crippen molar-refractivity contribution in [1.82, 2.24) is 9.55 Å². The first-order valence-electron chi connectivity index (χ1n) is 9.61. The molecule has 1 amide bonds. The summed E-state index contributed by atoms with van der Waals surface area (Å²) < 4.78 is 11.4. The number of carbonyl (C=O) groups is 1. The number of benzene rings is 1. The van der Waals surface area contributed by atoms with Crippen molar-refractivity contribution in [2.24, 2.45) is 0 Å². The molecular weight excluding hydrogens is 410 g/mol. The van der Waals surface area contributed by atoms with Crippen LogP contribution in [0.3, 0.4) is 0 Å². The number of amides is 1. The second-order valence-electron chi connectivity index (χ2n) is 6.47. The lowest BCUT2D eigenvalue weighted by atomic mass is 10.1. The lowest BCUT2D eigenvalue weighted by Crippen LogP contribution is -2.42. The van der Waals surface area contributed by atoms with Crippen LogP contribution in [0, 0.1) is 10.1 Å². The maximum atomic E-state index is 13.3. The first-order valence-corrected chi connectivity index (χ1v) is 9.61. The van der Waals surface area contributed by atoms with Crippen molar-refractivity contribution in [3.8, 4) is 5.75 Å². The number of hydrogen-bond donors (Lipinski definition) is 2. The molecule has 0 atom stereocenters. The van der Waals surface area contributed by atoms with Gasteiger partial charge in [-0.3, -0.25) is 34.2 Å². The number of nitrogens with zero attached hydrogens (tertiary/aromatic N) is 3. The van der Waals surface area contributed by atoms with Gasteiger partial charge < -0.3 is 15.2 Å². The second kappa shape index (κ2) is 10.4. The minimum absolute atomic E-state index is 0.0151. The Morgan fingerprint density at radius 2 is 2.03 bits per heavy atom. The van der Waals surface area contributed by atoms with Gasteiger partial charge in [-0.25, -0.2) is 4.79 Å². The Balaban J connectivity index is 2.63. The number of anilines is 2. The maximum absolute atomic E-state index is 13.3. The molecule has 1 heterocycles. The predicted octanol–water partition coefficient (Wildman–Crippen LogP) is 1.13. The number of ether oxygens (including phenoxy) is 2. The van der Waals surface area contributed by atoms with Gasteiger partial charge in [-0.05, 0) is 25.5 Å². The lowest BCUT2D eigenvalue weighted by molar-refractivity contribution is -0.385. The number of methoxy groups -OCH3 is 1. The van der Waals surface area contributed by atoms with E-state index in [1.54, 1.807) is 6.92 Å².